The molecular formula is C14H11NO2. The van der Waals surface area contributed by atoms with Gasteiger partial charge in [-0.15, -0.1) is 0 Å². The number of rotatable bonds is 2. The number of hydrogen-bond acceptors (Lipinski definition) is 2. The van der Waals surface area contributed by atoms with Crippen LogP contribution in [-0.2, 0) is 6.54 Å². The summed E-state index contributed by atoms with van der Waals surface area (Å²) in [4.78, 5) is 24.3. The standard InChI is InChI=1S/C14H11NO2/c16-13-8-9-15-11(13)6-7-12(15)14(17)10-4-2-1-3-5-10/h1-7H,8-9H2/i1D,2D,3D,4D,5D. The second kappa shape index (κ2) is 3.70. The second-order valence-electron chi connectivity index (χ2n) is 3.76. The fraction of sp³-hybridized carbons (Fsp3) is 0.143. The molecule has 2 heterocycles. The number of nitrogens with zero attached hydrogens (tertiary/aromatic N) is 1. The van der Waals surface area contributed by atoms with Gasteiger partial charge in [0.2, 0.25) is 5.78 Å². The van der Waals surface area contributed by atoms with Crippen molar-refractivity contribution >= 4 is 11.6 Å². The number of carbonyl (C=O) groups is 2. The number of carbonyl (C=O) groups excluding carboxylic acids is 2. The lowest BCUT2D eigenvalue weighted by molar-refractivity contribution is 0.0993. The third-order valence-electron chi connectivity index (χ3n) is 2.79. The highest BCUT2D eigenvalue weighted by Crippen LogP contribution is 2.21. The molecule has 0 atom stereocenters. The second-order valence-corrected chi connectivity index (χ2v) is 3.76. The lowest BCUT2D eigenvalue weighted by atomic mass is 10.1. The smallest absolute Gasteiger partial charge is 0.209 e. The first-order valence-corrected chi connectivity index (χ1v) is 5.19. The molecule has 0 radical (unpaired) electrons. The summed E-state index contributed by atoms with van der Waals surface area (Å²) in [6.07, 6.45) is 0.303. The summed E-state index contributed by atoms with van der Waals surface area (Å²) in [6.45, 7) is 0.362. The van der Waals surface area contributed by atoms with Crippen molar-refractivity contribution < 1.29 is 16.4 Å². The highest BCUT2D eigenvalue weighted by Gasteiger charge is 2.24. The van der Waals surface area contributed by atoms with Crippen LogP contribution >= 0.6 is 0 Å². The molecule has 1 aromatic carbocycles. The Kier molecular flexibility index (Phi) is 1.30. The van der Waals surface area contributed by atoms with E-state index >= 15 is 0 Å². The van der Waals surface area contributed by atoms with Crippen molar-refractivity contribution in [1.82, 2.24) is 4.57 Å². The van der Waals surface area contributed by atoms with E-state index in [0.29, 0.717) is 18.7 Å². The molecular weight excluding hydrogens is 214 g/mol. The minimum atomic E-state index is -0.669. The minimum Gasteiger partial charge on any atom is -0.335 e. The van der Waals surface area contributed by atoms with Gasteiger partial charge in [-0.05, 0) is 12.1 Å². The van der Waals surface area contributed by atoms with Crippen LogP contribution in [0.15, 0.2) is 42.3 Å². The molecule has 0 unspecified atom stereocenters. The van der Waals surface area contributed by atoms with Crippen LogP contribution in [0, 0.1) is 0 Å². The molecule has 17 heavy (non-hydrogen) atoms. The molecule has 3 heteroatoms. The van der Waals surface area contributed by atoms with Crippen molar-refractivity contribution in [3.05, 3.63) is 59.3 Å². The van der Waals surface area contributed by atoms with Crippen molar-refractivity contribution in [3.8, 4) is 0 Å². The number of hydrogen-bond donors (Lipinski definition) is 0. The van der Waals surface area contributed by atoms with Crippen molar-refractivity contribution in [1.29, 1.82) is 0 Å². The number of aromatic nitrogens is 1. The van der Waals surface area contributed by atoms with Gasteiger partial charge in [0.05, 0.1) is 18.2 Å². The normalized spacial score (nSPS) is 17.9. The van der Waals surface area contributed by atoms with Gasteiger partial charge >= 0.3 is 0 Å². The molecule has 0 bridgehead atoms. The zero-order valence-electron chi connectivity index (χ0n) is 13.8. The van der Waals surface area contributed by atoms with Gasteiger partial charge in [-0.1, -0.05) is 30.2 Å². The number of ketones is 2. The van der Waals surface area contributed by atoms with Gasteiger partial charge in [0, 0.05) is 18.5 Å². The van der Waals surface area contributed by atoms with Crippen molar-refractivity contribution in [2.75, 3.05) is 0 Å². The van der Waals surface area contributed by atoms with E-state index in [-0.39, 0.29) is 17.0 Å². The topological polar surface area (TPSA) is 39.1 Å². The highest BCUT2D eigenvalue weighted by molar-refractivity contribution is 6.09. The van der Waals surface area contributed by atoms with Gasteiger partial charge in [-0.25, -0.2) is 0 Å². The Labute approximate surface area is 106 Å². The molecule has 1 aliphatic rings. The SMILES string of the molecule is [2H]c1c([2H])c([2H])c(C(=O)c2ccc3n2CCC3=O)c([2H])c1[2H]. The summed E-state index contributed by atoms with van der Waals surface area (Å²) < 4.78 is 40.0. The fourth-order valence-electron chi connectivity index (χ4n) is 1.98. The van der Waals surface area contributed by atoms with E-state index in [0.717, 1.165) is 0 Å². The molecule has 1 aromatic heterocycles. The quantitative estimate of drug-likeness (QED) is 0.742. The zero-order valence-corrected chi connectivity index (χ0v) is 8.83. The molecule has 0 saturated carbocycles. The van der Waals surface area contributed by atoms with Gasteiger partial charge in [0.15, 0.2) is 5.78 Å². The van der Waals surface area contributed by atoms with E-state index in [1.807, 2.05) is 0 Å². The molecule has 3 rings (SSSR count). The molecule has 0 aliphatic carbocycles. The van der Waals surface area contributed by atoms with E-state index in [4.69, 9.17) is 6.85 Å². The maximum atomic E-state index is 12.6. The van der Waals surface area contributed by atoms with Crippen LogP contribution in [0.25, 0.3) is 0 Å². The first-order valence-electron chi connectivity index (χ1n) is 7.69. The van der Waals surface area contributed by atoms with Gasteiger partial charge < -0.3 is 4.57 Å². The van der Waals surface area contributed by atoms with E-state index in [1.165, 1.54) is 16.7 Å². The van der Waals surface area contributed by atoms with Crippen LogP contribution in [0.3, 0.4) is 0 Å². The average molecular weight is 230 g/mol. The summed E-state index contributed by atoms with van der Waals surface area (Å²) >= 11 is 0. The Morgan fingerprint density at radius 1 is 1.24 bits per heavy atom. The largest absolute Gasteiger partial charge is 0.335 e. The molecule has 0 N–H and O–H groups in total. The minimum absolute atomic E-state index is 0.0693. The first kappa shape index (κ1) is 5.96. The lowest BCUT2D eigenvalue weighted by Crippen LogP contribution is -2.08. The van der Waals surface area contributed by atoms with E-state index in [2.05, 4.69) is 0 Å². The van der Waals surface area contributed by atoms with E-state index < -0.39 is 36.0 Å². The maximum Gasteiger partial charge on any atom is 0.209 e. The van der Waals surface area contributed by atoms with Crippen LogP contribution in [0.4, 0.5) is 0 Å². The Morgan fingerprint density at radius 2 is 2.00 bits per heavy atom. The molecule has 1 aliphatic heterocycles. The van der Waals surface area contributed by atoms with Crippen LogP contribution in [0.5, 0.6) is 0 Å². The van der Waals surface area contributed by atoms with Crippen molar-refractivity contribution in [2.24, 2.45) is 0 Å². The molecule has 0 spiro atoms. The molecule has 0 saturated heterocycles. The van der Waals surface area contributed by atoms with Gasteiger partial charge in [0.1, 0.15) is 0 Å². The van der Waals surface area contributed by atoms with Crippen LogP contribution in [-0.4, -0.2) is 16.1 Å². The Bertz CT molecular complexity index is 811. The monoisotopic (exact) mass is 230 g/mol. The summed E-state index contributed by atoms with van der Waals surface area (Å²) in [5.41, 5.74) is 0.210. The summed E-state index contributed by atoms with van der Waals surface area (Å²) in [7, 11) is 0. The van der Waals surface area contributed by atoms with Gasteiger partial charge in [0.25, 0.3) is 0 Å². The third kappa shape index (κ3) is 1.51. The summed E-state index contributed by atoms with van der Waals surface area (Å²) in [6, 6.07) is 0.281. The number of fused-ring (bicyclic) bond motifs is 1. The third-order valence-corrected chi connectivity index (χ3v) is 2.79. The molecule has 84 valence electrons. The highest BCUT2D eigenvalue weighted by atomic mass is 16.1. The fourth-order valence-corrected chi connectivity index (χ4v) is 1.98. The first-order chi connectivity index (χ1) is 10.3. The Hall–Kier alpha value is -2.16. The lowest BCUT2D eigenvalue weighted by Gasteiger charge is -2.04. The predicted octanol–water partition coefficient (Wildman–Crippen LogP) is 2.31. The van der Waals surface area contributed by atoms with Gasteiger partial charge in [-0.3, -0.25) is 9.59 Å². The molecule has 0 fully saturated rings. The zero-order chi connectivity index (χ0) is 16.2. The molecule has 3 nitrogen and oxygen atoms in total. The van der Waals surface area contributed by atoms with Crippen LogP contribution < -0.4 is 0 Å². The number of Topliss-reactive ketones (excluding diaryl/α,β-unsaturated/α-hetero) is 1. The number of benzene rings is 1. The van der Waals surface area contributed by atoms with Crippen molar-refractivity contribution in [3.63, 3.8) is 0 Å². The van der Waals surface area contributed by atoms with E-state index in [1.54, 1.807) is 0 Å². The average Bonchev–Trinajstić information content (AvgIpc) is 3.06. The van der Waals surface area contributed by atoms with Crippen molar-refractivity contribution in [2.45, 2.75) is 13.0 Å². The van der Waals surface area contributed by atoms with Crippen LogP contribution in [0.1, 0.15) is 39.8 Å². The molecule has 2 aromatic rings. The predicted molar refractivity (Wildman–Crippen MR) is 63.3 cm³/mol. The van der Waals surface area contributed by atoms with E-state index in [9.17, 15) is 9.59 Å². The Morgan fingerprint density at radius 3 is 2.76 bits per heavy atom. The van der Waals surface area contributed by atoms with Gasteiger partial charge in [-0.2, -0.15) is 0 Å². The molecule has 0 amide bonds. The Balaban J connectivity index is 2.19. The summed E-state index contributed by atoms with van der Waals surface area (Å²) in [5.74, 6) is -0.738. The summed E-state index contributed by atoms with van der Waals surface area (Å²) in [5, 5.41) is 0. The maximum absolute atomic E-state index is 12.6. The van der Waals surface area contributed by atoms with Crippen LogP contribution in [0.2, 0.25) is 0 Å².